The van der Waals surface area contributed by atoms with Gasteiger partial charge in [-0.2, -0.15) is 5.10 Å². The first-order valence-electron chi connectivity index (χ1n) is 10.4. The SMILES string of the molecule is CC(F)(F)c1cc(Cl)ccc1Cn1ncc2cc(C=C3SC(=O)N(CC=CC(O)O)C3=O)ccc21. The maximum Gasteiger partial charge on any atom is 0.293 e. The summed E-state index contributed by atoms with van der Waals surface area (Å²) in [6.45, 7) is 0.867. The molecule has 2 amide bonds. The third-order valence-electron chi connectivity index (χ3n) is 5.30. The number of fused-ring (bicyclic) bond motifs is 1. The molecule has 1 aliphatic heterocycles. The van der Waals surface area contributed by atoms with Gasteiger partial charge in [0.2, 0.25) is 0 Å². The second-order valence-electron chi connectivity index (χ2n) is 7.94. The summed E-state index contributed by atoms with van der Waals surface area (Å²) in [5.41, 5.74) is 1.61. The molecular weight excluding hydrogens is 500 g/mol. The van der Waals surface area contributed by atoms with Crippen LogP contribution in [0, 0.1) is 0 Å². The number of amides is 2. The Kier molecular flexibility index (Phi) is 7.09. The van der Waals surface area contributed by atoms with Crippen LogP contribution in [-0.2, 0) is 17.3 Å². The molecular formula is C24H20ClF2N3O4S. The molecule has 1 saturated heterocycles. The van der Waals surface area contributed by atoms with E-state index >= 15 is 0 Å². The van der Waals surface area contributed by atoms with Crippen molar-refractivity contribution in [3.8, 4) is 0 Å². The van der Waals surface area contributed by atoms with Crippen molar-refractivity contribution in [1.82, 2.24) is 14.7 Å². The zero-order valence-corrected chi connectivity index (χ0v) is 19.9. The highest BCUT2D eigenvalue weighted by molar-refractivity contribution is 8.18. The molecule has 35 heavy (non-hydrogen) atoms. The number of imide groups is 1. The van der Waals surface area contributed by atoms with Crippen LogP contribution in [0.15, 0.2) is 59.7 Å². The van der Waals surface area contributed by atoms with Crippen LogP contribution in [-0.4, -0.2) is 48.9 Å². The van der Waals surface area contributed by atoms with E-state index in [0.29, 0.717) is 16.6 Å². The fourth-order valence-electron chi connectivity index (χ4n) is 3.67. The van der Waals surface area contributed by atoms with Crippen LogP contribution in [0.25, 0.3) is 17.0 Å². The fourth-order valence-corrected chi connectivity index (χ4v) is 4.70. The van der Waals surface area contributed by atoms with Crippen LogP contribution in [0.5, 0.6) is 0 Å². The lowest BCUT2D eigenvalue weighted by atomic mass is 10.0. The Morgan fingerprint density at radius 2 is 1.97 bits per heavy atom. The van der Waals surface area contributed by atoms with E-state index in [1.807, 2.05) is 0 Å². The molecule has 0 aliphatic carbocycles. The lowest BCUT2D eigenvalue weighted by Crippen LogP contribution is -2.28. The van der Waals surface area contributed by atoms with Gasteiger partial charge in [-0.25, -0.2) is 8.78 Å². The van der Waals surface area contributed by atoms with Gasteiger partial charge in [-0.3, -0.25) is 19.2 Å². The Morgan fingerprint density at radius 3 is 2.69 bits per heavy atom. The molecule has 0 saturated carbocycles. The Hall–Kier alpha value is -3.05. The molecule has 1 fully saturated rings. The number of carbonyl (C=O) groups excluding carboxylic acids is 2. The third kappa shape index (κ3) is 5.62. The van der Waals surface area contributed by atoms with Gasteiger partial charge in [0, 0.05) is 29.4 Å². The number of rotatable bonds is 7. The topological polar surface area (TPSA) is 95.7 Å². The Balaban J connectivity index is 1.57. The number of hydrogen-bond acceptors (Lipinski definition) is 6. The van der Waals surface area contributed by atoms with E-state index in [1.54, 1.807) is 47.3 Å². The quantitative estimate of drug-likeness (QED) is 0.266. The lowest BCUT2D eigenvalue weighted by molar-refractivity contribution is -0.122. The number of thioether (sulfide) groups is 1. The molecule has 0 spiro atoms. The number of hydrogen-bond donors (Lipinski definition) is 2. The molecule has 0 unspecified atom stereocenters. The van der Waals surface area contributed by atoms with Gasteiger partial charge < -0.3 is 10.2 Å². The summed E-state index contributed by atoms with van der Waals surface area (Å²) in [5.74, 6) is -3.55. The van der Waals surface area contributed by atoms with Crippen molar-refractivity contribution in [3.05, 3.63) is 81.4 Å². The largest absolute Gasteiger partial charge is 0.365 e. The number of halogens is 3. The molecule has 0 atom stereocenters. The van der Waals surface area contributed by atoms with Crippen molar-refractivity contribution in [2.24, 2.45) is 0 Å². The summed E-state index contributed by atoms with van der Waals surface area (Å²) in [6.07, 6.45) is 3.91. The van der Waals surface area contributed by atoms with E-state index in [9.17, 15) is 18.4 Å². The van der Waals surface area contributed by atoms with E-state index in [4.69, 9.17) is 21.8 Å². The molecule has 0 bridgehead atoms. The molecule has 2 aromatic carbocycles. The maximum absolute atomic E-state index is 14.1. The zero-order valence-electron chi connectivity index (χ0n) is 18.4. The number of nitrogens with zero attached hydrogens (tertiary/aromatic N) is 3. The predicted octanol–water partition coefficient (Wildman–Crippen LogP) is 4.75. The first-order valence-corrected chi connectivity index (χ1v) is 11.6. The van der Waals surface area contributed by atoms with Gasteiger partial charge >= 0.3 is 0 Å². The van der Waals surface area contributed by atoms with Crippen LogP contribution in [0.2, 0.25) is 5.02 Å². The molecule has 1 aromatic heterocycles. The number of carbonyl (C=O) groups is 2. The van der Waals surface area contributed by atoms with Crippen molar-refractivity contribution in [2.45, 2.75) is 25.7 Å². The first-order chi connectivity index (χ1) is 16.5. The summed E-state index contributed by atoms with van der Waals surface area (Å²) in [7, 11) is 0. The monoisotopic (exact) mass is 519 g/mol. The molecule has 182 valence electrons. The first kappa shape index (κ1) is 25.1. The highest BCUT2D eigenvalue weighted by Gasteiger charge is 2.34. The number of alkyl halides is 2. The van der Waals surface area contributed by atoms with E-state index in [-0.39, 0.29) is 28.6 Å². The van der Waals surface area contributed by atoms with Crippen LogP contribution < -0.4 is 0 Å². The highest BCUT2D eigenvalue weighted by atomic mass is 35.5. The average Bonchev–Trinajstić information content (AvgIpc) is 3.29. The van der Waals surface area contributed by atoms with E-state index in [1.165, 1.54) is 12.1 Å². The normalized spacial score (nSPS) is 16.1. The van der Waals surface area contributed by atoms with Gasteiger partial charge in [-0.1, -0.05) is 29.8 Å². The van der Waals surface area contributed by atoms with Crippen LogP contribution in [0.4, 0.5) is 13.6 Å². The number of aliphatic hydroxyl groups excluding tert-OH is 1. The predicted molar refractivity (Wildman–Crippen MR) is 130 cm³/mol. The van der Waals surface area contributed by atoms with Gasteiger partial charge in [-0.05, 0) is 59.3 Å². The molecule has 2 heterocycles. The Labute approximate surface area is 208 Å². The summed E-state index contributed by atoms with van der Waals surface area (Å²) in [6, 6.07) is 9.67. The minimum absolute atomic E-state index is 0.0745. The van der Waals surface area contributed by atoms with Crippen LogP contribution in [0.3, 0.4) is 0 Å². The van der Waals surface area contributed by atoms with E-state index in [2.05, 4.69) is 5.10 Å². The number of aliphatic hydroxyl groups is 2. The highest BCUT2D eigenvalue weighted by Crippen LogP contribution is 2.34. The van der Waals surface area contributed by atoms with Crippen molar-refractivity contribution in [1.29, 1.82) is 0 Å². The smallest absolute Gasteiger partial charge is 0.293 e. The molecule has 3 aromatic rings. The summed E-state index contributed by atoms with van der Waals surface area (Å²) in [4.78, 5) is 26.0. The molecule has 11 heteroatoms. The number of benzene rings is 2. The van der Waals surface area contributed by atoms with Crippen LogP contribution in [0.1, 0.15) is 23.6 Å². The second-order valence-corrected chi connectivity index (χ2v) is 9.37. The van der Waals surface area contributed by atoms with E-state index in [0.717, 1.165) is 35.0 Å². The molecule has 0 radical (unpaired) electrons. The second kappa shape index (κ2) is 9.90. The standard InChI is InChI=1S/C24H20ClF2N3O4S/c1-24(26,27)18-11-17(25)6-5-15(18)13-30-19-7-4-14(9-16(19)12-28-30)10-20-22(33)29(23(34)35-20)8-2-3-21(31)32/h2-7,9-12,21,31-32H,8,13H2,1H3. The average molecular weight is 520 g/mol. The minimum Gasteiger partial charge on any atom is -0.365 e. The Morgan fingerprint density at radius 1 is 1.20 bits per heavy atom. The van der Waals surface area contributed by atoms with Gasteiger partial charge in [0.25, 0.3) is 17.1 Å². The van der Waals surface area contributed by atoms with Gasteiger partial charge in [0.1, 0.15) is 0 Å². The third-order valence-corrected chi connectivity index (χ3v) is 6.44. The fraction of sp³-hybridized carbons (Fsp3) is 0.208. The summed E-state index contributed by atoms with van der Waals surface area (Å²) < 4.78 is 29.8. The minimum atomic E-state index is -3.06. The van der Waals surface area contributed by atoms with Gasteiger partial charge in [0.05, 0.1) is 23.2 Å². The number of aromatic nitrogens is 2. The van der Waals surface area contributed by atoms with Crippen molar-refractivity contribution >= 4 is 51.5 Å². The van der Waals surface area contributed by atoms with Gasteiger partial charge in [0.15, 0.2) is 6.29 Å². The lowest BCUT2D eigenvalue weighted by Gasteiger charge is -2.16. The molecule has 1 aliphatic rings. The van der Waals surface area contributed by atoms with Crippen molar-refractivity contribution < 1.29 is 28.6 Å². The summed E-state index contributed by atoms with van der Waals surface area (Å²) >= 11 is 6.71. The van der Waals surface area contributed by atoms with Crippen molar-refractivity contribution in [2.75, 3.05) is 6.54 Å². The van der Waals surface area contributed by atoms with Gasteiger partial charge in [-0.15, -0.1) is 0 Å². The van der Waals surface area contributed by atoms with Crippen molar-refractivity contribution in [3.63, 3.8) is 0 Å². The summed E-state index contributed by atoms with van der Waals surface area (Å²) in [5, 5.41) is 22.5. The van der Waals surface area contributed by atoms with Crippen LogP contribution >= 0.6 is 23.4 Å². The maximum atomic E-state index is 14.1. The zero-order chi connectivity index (χ0) is 25.3. The van der Waals surface area contributed by atoms with E-state index < -0.39 is 23.4 Å². The Bertz CT molecular complexity index is 1360. The molecule has 4 rings (SSSR count). The molecule has 7 nitrogen and oxygen atoms in total. The molecule has 2 N–H and O–H groups in total.